The average Bonchev–Trinajstić information content (AvgIpc) is 2.70. The van der Waals surface area contributed by atoms with Crippen molar-refractivity contribution in [3.05, 3.63) is 34.3 Å². The Labute approximate surface area is 92.6 Å². The van der Waals surface area contributed by atoms with Crippen molar-refractivity contribution in [3.8, 4) is 0 Å². The molecule has 1 aromatic rings. The first-order chi connectivity index (χ1) is 6.79. The van der Waals surface area contributed by atoms with Crippen molar-refractivity contribution < 1.29 is 0 Å². The summed E-state index contributed by atoms with van der Waals surface area (Å²) in [6.45, 7) is 2.06. The number of halogens is 1. The lowest BCUT2D eigenvalue weighted by Crippen LogP contribution is -2.27. The number of likely N-dealkylation sites (tertiary alicyclic amines) is 1. The number of rotatable bonds is 1. The zero-order chi connectivity index (χ0) is 9.97. The third kappa shape index (κ3) is 1.82. The second-order valence-corrected chi connectivity index (χ2v) is 4.38. The molecule has 2 nitrogen and oxygen atoms in total. The lowest BCUT2D eigenvalue weighted by atomic mass is 10.2. The normalized spacial score (nSPS) is 15.9. The molecule has 1 N–H and O–H groups in total. The van der Waals surface area contributed by atoms with Gasteiger partial charge in [-0.1, -0.05) is 34.1 Å². The molecule has 1 aliphatic heterocycles. The van der Waals surface area contributed by atoms with E-state index in [0.29, 0.717) is 5.84 Å². The van der Waals surface area contributed by atoms with E-state index in [9.17, 15) is 0 Å². The molecule has 14 heavy (non-hydrogen) atoms. The van der Waals surface area contributed by atoms with Crippen LogP contribution < -0.4 is 0 Å². The maximum Gasteiger partial charge on any atom is 0.129 e. The fraction of sp³-hybridized carbons (Fsp3) is 0.364. The van der Waals surface area contributed by atoms with Gasteiger partial charge in [0.15, 0.2) is 0 Å². The highest BCUT2D eigenvalue weighted by atomic mass is 79.9. The summed E-state index contributed by atoms with van der Waals surface area (Å²) in [5, 5.41) is 8.06. The smallest absolute Gasteiger partial charge is 0.129 e. The summed E-state index contributed by atoms with van der Waals surface area (Å²) in [6, 6.07) is 7.93. The molecule has 1 aromatic carbocycles. The van der Waals surface area contributed by atoms with Crippen LogP contribution in [0.1, 0.15) is 18.4 Å². The number of amidine groups is 1. The molecule has 1 heterocycles. The SMILES string of the molecule is N=C(c1ccccc1Br)N1CCCC1. The first-order valence-corrected chi connectivity index (χ1v) is 5.67. The largest absolute Gasteiger partial charge is 0.357 e. The van der Waals surface area contributed by atoms with E-state index in [4.69, 9.17) is 5.41 Å². The predicted octanol–water partition coefficient (Wildman–Crippen LogP) is 2.87. The zero-order valence-electron chi connectivity index (χ0n) is 7.96. The van der Waals surface area contributed by atoms with E-state index in [1.807, 2.05) is 24.3 Å². The lowest BCUT2D eigenvalue weighted by molar-refractivity contribution is 0.517. The molecule has 0 unspecified atom stereocenters. The van der Waals surface area contributed by atoms with Crippen LogP contribution >= 0.6 is 15.9 Å². The lowest BCUT2D eigenvalue weighted by Gasteiger charge is -2.19. The molecular formula is C11H13BrN2. The average molecular weight is 253 g/mol. The van der Waals surface area contributed by atoms with Gasteiger partial charge in [-0.3, -0.25) is 5.41 Å². The van der Waals surface area contributed by atoms with Gasteiger partial charge in [0.2, 0.25) is 0 Å². The Morgan fingerprint density at radius 1 is 1.21 bits per heavy atom. The zero-order valence-corrected chi connectivity index (χ0v) is 9.55. The van der Waals surface area contributed by atoms with E-state index in [1.165, 1.54) is 12.8 Å². The van der Waals surface area contributed by atoms with Gasteiger partial charge < -0.3 is 4.90 Å². The van der Waals surface area contributed by atoms with Crippen molar-refractivity contribution >= 4 is 21.8 Å². The summed E-state index contributed by atoms with van der Waals surface area (Å²) < 4.78 is 1.01. The Morgan fingerprint density at radius 2 is 1.86 bits per heavy atom. The Hall–Kier alpha value is -0.830. The molecule has 1 fully saturated rings. The molecule has 0 bridgehead atoms. The van der Waals surface area contributed by atoms with E-state index in [2.05, 4.69) is 20.8 Å². The summed E-state index contributed by atoms with van der Waals surface area (Å²) in [6.07, 6.45) is 2.43. The van der Waals surface area contributed by atoms with Gasteiger partial charge in [0.1, 0.15) is 5.84 Å². The van der Waals surface area contributed by atoms with E-state index < -0.39 is 0 Å². The molecule has 0 radical (unpaired) electrons. The van der Waals surface area contributed by atoms with Gasteiger partial charge in [0.05, 0.1) is 0 Å². The van der Waals surface area contributed by atoms with Crippen LogP contribution in [0.2, 0.25) is 0 Å². The van der Waals surface area contributed by atoms with Crippen molar-refractivity contribution in [2.24, 2.45) is 0 Å². The Balaban J connectivity index is 2.22. The van der Waals surface area contributed by atoms with Gasteiger partial charge >= 0.3 is 0 Å². The number of benzene rings is 1. The molecule has 0 spiro atoms. The Morgan fingerprint density at radius 3 is 2.50 bits per heavy atom. The van der Waals surface area contributed by atoms with Gasteiger partial charge in [-0.05, 0) is 18.9 Å². The second kappa shape index (κ2) is 4.13. The minimum absolute atomic E-state index is 0.648. The van der Waals surface area contributed by atoms with Crippen molar-refractivity contribution in [2.75, 3.05) is 13.1 Å². The van der Waals surface area contributed by atoms with Crippen molar-refractivity contribution in [1.29, 1.82) is 5.41 Å². The number of hydrogen-bond donors (Lipinski definition) is 1. The van der Waals surface area contributed by atoms with Gasteiger partial charge in [0, 0.05) is 23.1 Å². The summed E-state index contributed by atoms with van der Waals surface area (Å²) in [4.78, 5) is 2.14. The van der Waals surface area contributed by atoms with E-state index >= 15 is 0 Å². The molecule has 1 saturated heterocycles. The molecule has 2 rings (SSSR count). The summed E-state index contributed by atoms with van der Waals surface area (Å²) in [5.41, 5.74) is 0.995. The molecule has 74 valence electrons. The Bertz CT molecular complexity index is 343. The number of nitrogens with zero attached hydrogens (tertiary/aromatic N) is 1. The van der Waals surface area contributed by atoms with Gasteiger partial charge in [-0.15, -0.1) is 0 Å². The van der Waals surface area contributed by atoms with Crippen molar-refractivity contribution in [2.45, 2.75) is 12.8 Å². The first kappa shape index (κ1) is 9.71. The third-order valence-electron chi connectivity index (χ3n) is 2.55. The van der Waals surface area contributed by atoms with Crippen LogP contribution in [0, 0.1) is 5.41 Å². The fourth-order valence-electron chi connectivity index (χ4n) is 1.76. The Kier molecular flexibility index (Phi) is 2.87. The van der Waals surface area contributed by atoms with Crippen LogP contribution in [0.15, 0.2) is 28.7 Å². The summed E-state index contributed by atoms with van der Waals surface area (Å²) in [7, 11) is 0. The molecule has 3 heteroatoms. The van der Waals surface area contributed by atoms with Gasteiger partial charge in [-0.25, -0.2) is 0 Å². The van der Waals surface area contributed by atoms with E-state index in [1.54, 1.807) is 0 Å². The minimum atomic E-state index is 0.648. The molecule has 0 atom stereocenters. The topological polar surface area (TPSA) is 27.1 Å². The predicted molar refractivity (Wildman–Crippen MR) is 61.8 cm³/mol. The van der Waals surface area contributed by atoms with Crippen LogP contribution in [0.4, 0.5) is 0 Å². The quantitative estimate of drug-likeness (QED) is 0.604. The molecule has 1 aliphatic rings. The molecular weight excluding hydrogens is 240 g/mol. The highest BCUT2D eigenvalue weighted by Crippen LogP contribution is 2.20. The van der Waals surface area contributed by atoms with Crippen LogP contribution in [0.3, 0.4) is 0 Å². The molecule has 0 saturated carbocycles. The second-order valence-electron chi connectivity index (χ2n) is 3.52. The van der Waals surface area contributed by atoms with Crippen LogP contribution in [0.5, 0.6) is 0 Å². The van der Waals surface area contributed by atoms with Crippen LogP contribution in [0.25, 0.3) is 0 Å². The van der Waals surface area contributed by atoms with E-state index in [0.717, 1.165) is 23.1 Å². The molecule has 0 aliphatic carbocycles. The third-order valence-corrected chi connectivity index (χ3v) is 3.24. The molecule has 0 aromatic heterocycles. The van der Waals surface area contributed by atoms with Crippen LogP contribution in [-0.2, 0) is 0 Å². The minimum Gasteiger partial charge on any atom is -0.357 e. The monoisotopic (exact) mass is 252 g/mol. The summed E-state index contributed by atoms with van der Waals surface area (Å²) in [5.74, 6) is 0.648. The highest BCUT2D eigenvalue weighted by molar-refractivity contribution is 9.10. The number of hydrogen-bond acceptors (Lipinski definition) is 1. The first-order valence-electron chi connectivity index (χ1n) is 4.87. The maximum absolute atomic E-state index is 8.06. The van der Waals surface area contributed by atoms with Crippen molar-refractivity contribution in [1.82, 2.24) is 4.90 Å². The standard InChI is InChI=1S/C11H13BrN2/c12-10-6-2-1-5-9(10)11(13)14-7-3-4-8-14/h1-2,5-6,13H,3-4,7-8H2. The maximum atomic E-state index is 8.06. The number of nitrogens with one attached hydrogen (secondary N) is 1. The fourth-order valence-corrected chi connectivity index (χ4v) is 2.24. The van der Waals surface area contributed by atoms with E-state index in [-0.39, 0.29) is 0 Å². The van der Waals surface area contributed by atoms with Crippen LogP contribution in [-0.4, -0.2) is 23.8 Å². The van der Waals surface area contributed by atoms with Gasteiger partial charge in [0.25, 0.3) is 0 Å². The summed E-state index contributed by atoms with van der Waals surface area (Å²) >= 11 is 3.48. The molecule has 0 amide bonds. The van der Waals surface area contributed by atoms with Gasteiger partial charge in [-0.2, -0.15) is 0 Å². The highest BCUT2D eigenvalue weighted by Gasteiger charge is 2.17. The van der Waals surface area contributed by atoms with Crippen molar-refractivity contribution in [3.63, 3.8) is 0 Å².